The van der Waals surface area contributed by atoms with Gasteiger partial charge in [0, 0.05) is 11.4 Å². The fourth-order valence-corrected chi connectivity index (χ4v) is 3.00. The molecule has 98 valence electrons. The first-order valence-corrected chi connectivity index (χ1v) is 7.62. The van der Waals surface area contributed by atoms with Crippen molar-refractivity contribution in [1.82, 2.24) is 0 Å². The predicted molar refractivity (Wildman–Crippen MR) is 82.7 cm³/mol. The molecular weight excluding hydrogens is 240 g/mol. The SMILES string of the molecule is CC(C)c1cccc(NC2=NC(C)C(C)CS2)c1. The van der Waals surface area contributed by atoms with E-state index in [-0.39, 0.29) is 0 Å². The van der Waals surface area contributed by atoms with Crippen molar-refractivity contribution >= 4 is 22.6 Å². The van der Waals surface area contributed by atoms with Crippen LogP contribution in [-0.4, -0.2) is 17.0 Å². The van der Waals surface area contributed by atoms with Crippen molar-refractivity contribution < 1.29 is 0 Å². The van der Waals surface area contributed by atoms with Crippen molar-refractivity contribution in [2.45, 2.75) is 39.7 Å². The fourth-order valence-electron chi connectivity index (χ4n) is 1.87. The minimum atomic E-state index is 0.419. The quantitative estimate of drug-likeness (QED) is 0.857. The maximum Gasteiger partial charge on any atom is 0.161 e. The number of nitrogens with zero attached hydrogens (tertiary/aromatic N) is 1. The summed E-state index contributed by atoms with van der Waals surface area (Å²) in [5.41, 5.74) is 2.51. The van der Waals surface area contributed by atoms with Crippen molar-refractivity contribution in [3.05, 3.63) is 29.8 Å². The van der Waals surface area contributed by atoms with E-state index in [4.69, 9.17) is 4.99 Å². The molecule has 1 heterocycles. The summed E-state index contributed by atoms with van der Waals surface area (Å²) in [5, 5.41) is 4.50. The van der Waals surface area contributed by atoms with Gasteiger partial charge in [-0.25, -0.2) is 0 Å². The number of anilines is 1. The van der Waals surface area contributed by atoms with E-state index < -0.39 is 0 Å². The number of nitrogens with one attached hydrogen (secondary N) is 1. The lowest BCUT2D eigenvalue weighted by Gasteiger charge is -2.23. The highest BCUT2D eigenvalue weighted by molar-refractivity contribution is 8.14. The van der Waals surface area contributed by atoms with Crippen LogP contribution in [0.15, 0.2) is 29.3 Å². The molecule has 0 amide bonds. The van der Waals surface area contributed by atoms with E-state index >= 15 is 0 Å². The third-order valence-electron chi connectivity index (χ3n) is 3.43. The molecule has 1 aliphatic heterocycles. The molecule has 0 bridgehead atoms. The maximum absolute atomic E-state index is 4.70. The summed E-state index contributed by atoms with van der Waals surface area (Å²) < 4.78 is 0. The molecule has 1 aromatic rings. The second kappa shape index (κ2) is 5.79. The number of hydrogen-bond donors (Lipinski definition) is 1. The lowest BCUT2D eigenvalue weighted by molar-refractivity contribution is 0.537. The first-order chi connectivity index (χ1) is 8.56. The van der Waals surface area contributed by atoms with Gasteiger partial charge in [-0.05, 0) is 36.5 Å². The normalized spacial score (nSPS) is 23.9. The van der Waals surface area contributed by atoms with E-state index in [9.17, 15) is 0 Å². The number of thioether (sulfide) groups is 1. The van der Waals surface area contributed by atoms with Crippen LogP contribution in [0.1, 0.15) is 39.2 Å². The number of amidine groups is 1. The van der Waals surface area contributed by atoms with E-state index in [1.165, 1.54) is 5.56 Å². The van der Waals surface area contributed by atoms with Crippen molar-refractivity contribution in [3.8, 4) is 0 Å². The Hall–Kier alpha value is -0.960. The molecule has 0 saturated heterocycles. The van der Waals surface area contributed by atoms with Gasteiger partial charge in [0.25, 0.3) is 0 Å². The summed E-state index contributed by atoms with van der Waals surface area (Å²) in [6.07, 6.45) is 0. The lowest BCUT2D eigenvalue weighted by Crippen LogP contribution is -2.25. The van der Waals surface area contributed by atoms with Crippen molar-refractivity contribution in [2.75, 3.05) is 11.1 Å². The Morgan fingerprint density at radius 1 is 1.33 bits per heavy atom. The van der Waals surface area contributed by atoms with Gasteiger partial charge in [-0.2, -0.15) is 0 Å². The molecule has 1 aliphatic rings. The Labute approximate surface area is 114 Å². The molecule has 2 atom stereocenters. The zero-order valence-electron chi connectivity index (χ0n) is 11.6. The predicted octanol–water partition coefficient (Wildman–Crippen LogP) is 4.35. The summed E-state index contributed by atoms with van der Waals surface area (Å²) in [5.74, 6) is 2.38. The van der Waals surface area contributed by atoms with E-state index in [1.54, 1.807) is 0 Å². The third-order valence-corrected chi connectivity index (χ3v) is 4.61. The Morgan fingerprint density at radius 3 is 2.78 bits per heavy atom. The second-order valence-electron chi connectivity index (χ2n) is 5.37. The van der Waals surface area contributed by atoms with Crippen LogP contribution >= 0.6 is 11.8 Å². The molecule has 1 aromatic carbocycles. The molecule has 0 aromatic heterocycles. The van der Waals surface area contributed by atoms with Crippen molar-refractivity contribution in [2.24, 2.45) is 10.9 Å². The zero-order valence-corrected chi connectivity index (χ0v) is 12.4. The molecule has 2 unspecified atom stereocenters. The summed E-state index contributed by atoms with van der Waals surface area (Å²) in [4.78, 5) is 4.70. The Morgan fingerprint density at radius 2 is 2.11 bits per heavy atom. The van der Waals surface area contributed by atoms with E-state index in [0.717, 1.165) is 16.6 Å². The van der Waals surface area contributed by atoms with Gasteiger partial charge in [-0.3, -0.25) is 4.99 Å². The largest absolute Gasteiger partial charge is 0.335 e. The molecule has 0 aliphatic carbocycles. The monoisotopic (exact) mass is 262 g/mol. The first-order valence-electron chi connectivity index (χ1n) is 6.64. The molecule has 0 spiro atoms. The molecule has 3 heteroatoms. The van der Waals surface area contributed by atoms with Gasteiger partial charge < -0.3 is 5.32 Å². The Balaban J connectivity index is 2.10. The van der Waals surface area contributed by atoms with Gasteiger partial charge in [0.2, 0.25) is 0 Å². The highest BCUT2D eigenvalue weighted by Crippen LogP contribution is 2.25. The number of benzene rings is 1. The minimum absolute atomic E-state index is 0.419. The topological polar surface area (TPSA) is 24.4 Å². The van der Waals surface area contributed by atoms with E-state index in [2.05, 4.69) is 57.3 Å². The van der Waals surface area contributed by atoms with Gasteiger partial charge in [0.1, 0.15) is 0 Å². The first kappa shape index (κ1) is 13.5. The zero-order chi connectivity index (χ0) is 13.1. The van der Waals surface area contributed by atoms with Crippen molar-refractivity contribution in [1.29, 1.82) is 0 Å². The van der Waals surface area contributed by atoms with Crippen LogP contribution in [-0.2, 0) is 0 Å². The molecule has 0 saturated carbocycles. The van der Waals surface area contributed by atoms with Crippen LogP contribution in [0.3, 0.4) is 0 Å². The van der Waals surface area contributed by atoms with Gasteiger partial charge in [0.15, 0.2) is 5.17 Å². The van der Waals surface area contributed by atoms with Gasteiger partial charge in [0.05, 0.1) is 6.04 Å². The maximum atomic E-state index is 4.70. The van der Waals surface area contributed by atoms with Crippen molar-refractivity contribution in [3.63, 3.8) is 0 Å². The molecule has 0 radical (unpaired) electrons. The molecule has 2 rings (SSSR count). The van der Waals surface area contributed by atoms with Gasteiger partial charge >= 0.3 is 0 Å². The second-order valence-corrected chi connectivity index (χ2v) is 6.38. The minimum Gasteiger partial charge on any atom is -0.335 e. The number of aliphatic imine (C=N–C) groups is 1. The highest BCUT2D eigenvalue weighted by Gasteiger charge is 2.19. The molecule has 18 heavy (non-hydrogen) atoms. The third kappa shape index (κ3) is 3.29. The Bertz CT molecular complexity index is 440. The molecule has 1 N–H and O–H groups in total. The lowest BCUT2D eigenvalue weighted by atomic mass is 10.0. The summed E-state index contributed by atoms with van der Waals surface area (Å²) in [6, 6.07) is 9.03. The number of hydrogen-bond acceptors (Lipinski definition) is 3. The molecular formula is C15H22N2S. The van der Waals surface area contributed by atoms with Crippen LogP contribution in [0.25, 0.3) is 0 Å². The van der Waals surface area contributed by atoms with Crippen LogP contribution in [0, 0.1) is 5.92 Å². The van der Waals surface area contributed by atoms with Crippen LogP contribution < -0.4 is 5.32 Å². The van der Waals surface area contributed by atoms with Gasteiger partial charge in [-0.15, -0.1) is 0 Å². The average molecular weight is 262 g/mol. The van der Waals surface area contributed by atoms with Crippen LogP contribution in [0.4, 0.5) is 5.69 Å². The van der Waals surface area contributed by atoms with E-state index in [1.807, 2.05) is 11.8 Å². The van der Waals surface area contributed by atoms with Crippen LogP contribution in [0.5, 0.6) is 0 Å². The molecule has 0 fully saturated rings. The highest BCUT2D eigenvalue weighted by atomic mass is 32.2. The summed E-state index contributed by atoms with van der Waals surface area (Å²) in [6.45, 7) is 8.89. The van der Waals surface area contributed by atoms with Gasteiger partial charge in [-0.1, -0.05) is 44.7 Å². The summed E-state index contributed by atoms with van der Waals surface area (Å²) in [7, 11) is 0. The van der Waals surface area contributed by atoms with E-state index in [0.29, 0.717) is 17.9 Å². The Kier molecular flexibility index (Phi) is 4.33. The summed E-state index contributed by atoms with van der Waals surface area (Å²) >= 11 is 1.82. The smallest absolute Gasteiger partial charge is 0.161 e. The molecule has 2 nitrogen and oxygen atoms in total. The number of rotatable bonds is 2. The average Bonchev–Trinajstić information content (AvgIpc) is 2.34. The fraction of sp³-hybridized carbons (Fsp3) is 0.533. The van der Waals surface area contributed by atoms with Crippen LogP contribution in [0.2, 0.25) is 0 Å². The standard InChI is InChI=1S/C15H22N2S/c1-10(2)13-6-5-7-14(8-13)17-15-16-12(4)11(3)9-18-15/h5-8,10-12H,9H2,1-4H3,(H,16,17).